The SMILES string of the molecule is COc1cccc(/C=C/C(=O)C(C)(CC2CCC2)C(=O)/C=C/c2cccc(O)c2)c1. The van der Waals surface area contributed by atoms with E-state index in [1.54, 1.807) is 50.5 Å². The zero-order valence-electron chi connectivity index (χ0n) is 17.5. The van der Waals surface area contributed by atoms with Crippen molar-refractivity contribution in [3.63, 3.8) is 0 Å². The van der Waals surface area contributed by atoms with Crippen LogP contribution in [0, 0.1) is 11.3 Å². The Kier molecular flexibility index (Phi) is 6.88. The van der Waals surface area contributed by atoms with Gasteiger partial charge in [-0.3, -0.25) is 9.59 Å². The molecule has 4 nitrogen and oxygen atoms in total. The van der Waals surface area contributed by atoms with Crippen LogP contribution in [-0.2, 0) is 9.59 Å². The predicted molar refractivity (Wildman–Crippen MR) is 119 cm³/mol. The van der Waals surface area contributed by atoms with Gasteiger partial charge in [-0.2, -0.15) is 0 Å². The summed E-state index contributed by atoms with van der Waals surface area (Å²) in [6.07, 6.45) is 10.2. The van der Waals surface area contributed by atoms with E-state index in [4.69, 9.17) is 4.74 Å². The maximum atomic E-state index is 13.2. The van der Waals surface area contributed by atoms with E-state index in [9.17, 15) is 14.7 Å². The van der Waals surface area contributed by atoms with E-state index in [1.165, 1.54) is 12.2 Å². The Morgan fingerprint density at radius 2 is 1.63 bits per heavy atom. The minimum atomic E-state index is -1.10. The molecular weight excluding hydrogens is 376 g/mol. The van der Waals surface area contributed by atoms with Crippen molar-refractivity contribution in [1.82, 2.24) is 0 Å². The highest BCUT2D eigenvalue weighted by molar-refractivity contribution is 6.17. The van der Waals surface area contributed by atoms with Crippen molar-refractivity contribution in [2.45, 2.75) is 32.6 Å². The summed E-state index contributed by atoms with van der Waals surface area (Å²) in [7, 11) is 1.60. The molecule has 156 valence electrons. The number of methoxy groups -OCH3 is 1. The average molecular weight is 405 g/mol. The molecule has 0 spiro atoms. The Labute approximate surface area is 177 Å². The summed E-state index contributed by atoms with van der Waals surface area (Å²) < 4.78 is 5.22. The molecule has 1 atom stereocenters. The first-order chi connectivity index (χ1) is 14.4. The summed E-state index contributed by atoms with van der Waals surface area (Å²) in [5.74, 6) is 0.856. The molecular formula is C26H28O4. The van der Waals surface area contributed by atoms with Gasteiger partial charge in [0.25, 0.3) is 0 Å². The maximum absolute atomic E-state index is 13.2. The Hall–Kier alpha value is -3.14. The first-order valence-corrected chi connectivity index (χ1v) is 10.3. The fourth-order valence-electron chi connectivity index (χ4n) is 3.68. The third kappa shape index (κ3) is 5.26. The molecule has 1 unspecified atom stereocenters. The first kappa shape index (κ1) is 21.6. The van der Waals surface area contributed by atoms with Crippen molar-refractivity contribution in [2.75, 3.05) is 7.11 Å². The van der Waals surface area contributed by atoms with Gasteiger partial charge in [-0.05, 0) is 66.8 Å². The number of rotatable bonds is 9. The van der Waals surface area contributed by atoms with Crippen LogP contribution in [0.1, 0.15) is 43.7 Å². The molecule has 1 fully saturated rings. The summed E-state index contributed by atoms with van der Waals surface area (Å²) in [5, 5.41) is 9.61. The van der Waals surface area contributed by atoms with Crippen LogP contribution in [-0.4, -0.2) is 23.8 Å². The molecule has 4 heteroatoms. The number of hydrogen-bond donors (Lipinski definition) is 1. The molecule has 3 rings (SSSR count). The van der Waals surface area contributed by atoms with Crippen molar-refractivity contribution < 1.29 is 19.4 Å². The highest BCUT2D eigenvalue weighted by Gasteiger charge is 2.41. The van der Waals surface area contributed by atoms with Gasteiger partial charge in [0.05, 0.1) is 12.5 Å². The number of phenolic OH excluding ortho intramolecular Hbond substituents is 1. The number of carbonyl (C=O) groups excluding carboxylic acids is 2. The van der Waals surface area contributed by atoms with Crippen LogP contribution >= 0.6 is 0 Å². The number of hydrogen-bond acceptors (Lipinski definition) is 4. The second-order valence-corrected chi connectivity index (χ2v) is 8.10. The average Bonchev–Trinajstić information content (AvgIpc) is 2.72. The van der Waals surface area contributed by atoms with Gasteiger partial charge in [-0.15, -0.1) is 0 Å². The molecule has 0 saturated heterocycles. The topological polar surface area (TPSA) is 63.6 Å². The molecule has 2 aromatic carbocycles. The van der Waals surface area contributed by atoms with E-state index in [1.807, 2.05) is 24.3 Å². The lowest BCUT2D eigenvalue weighted by molar-refractivity contribution is -0.135. The fourth-order valence-corrected chi connectivity index (χ4v) is 3.68. The maximum Gasteiger partial charge on any atom is 0.169 e. The van der Waals surface area contributed by atoms with Crippen LogP contribution in [0.3, 0.4) is 0 Å². The number of phenols is 1. The fraction of sp³-hybridized carbons (Fsp3) is 0.308. The van der Waals surface area contributed by atoms with E-state index >= 15 is 0 Å². The van der Waals surface area contributed by atoms with Crippen LogP contribution in [0.4, 0.5) is 0 Å². The van der Waals surface area contributed by atoms with Gasteiger partial charge in [0.15, 0.2) is 11.6 Å². The summed E-state index contributed by atoms with van der Waals surface area (Å²) in [5.41, 5.74) is 0.457. The molecule has 0 bridgehead atoms. The van der Waals surface area contributed by atoms with Crippen molar-refractivity contribution in [3.8, 4) is 11.5 Å². The zero-order chi connectivity index (χ0) is 21.6. The van der Waals surface area contributed by atoms with Gasteiger partial charge in [-0.25, -0.2) is 0 Å². The van der Waals surface area contributed by atoms with Crippen molar-refractivity contribution in [3.05, 3.63) is 71.8 Å². The second kappa shape index (κ2) is 9.57. The molecule has 0 radical (unpaired) electrons. The molecule has 0 aliphatic heterocycles. The standard InChI is InChI=1S/C26H28O4/c1-26(18-21-8-3-9-21,24(28)14-12-19-6-4-10-22(27)16-19)25(29)15-13-20-7-5-11-23(17-20)30-2/h4-7,10-17,21,27H,3,8-9,18H2,1-2H3/b14-12+,15-13+. The van der Waals surface area contributed by atoms with Crippen LogP contribution in [0.2, 0.25) is 0 Å². The number of ether oxygens (including phenoxy) is 1. The highest BCUT2D eigenvalue weighted by atomic mass is 16.5. The van der Waals surface area contributed by atoms with Gasteiger partial charge >= 0.3 is 0 Å². The minimum absolute atomic E-state index is 0.138. The minimum Gasteiger partial charge on any atom is -0.508 e. The van der Waals surface area contributed by atoms with Gasteiger partial charge in [0.2, 0.25) is 0 Å². The number of carbonyl (C=O) groups is 2. The summed E-state index contributed by atoms with van der Waals surface area (Å²) in [6, 6.07) is 14.1. The highest BCUT2D eigenvalue weighted by Crippen LogP contribution is 2.39. The Morgan fingerprint density at radius 1 is 1.03 bits per heavy atom. The van der Waals surface area contributed by atoms with Gasteiger partial charge in [0, 0.05) is 0 Å². The predicted octanol–water partition coefficient (Wildman–Crippen LogP) is 5.46. The van der Waals surface area contributed by atoms with E-state index < -0.39 is 5.41 Å². The molecule has 2 aromatic rings. The molecule has 30 heavy (non-hydrogen) atoms. The summed E-state index contributed by atoms with van der Waals surface area (Å²) in [6.45, 7) is 1.75. The van der Waals surface area contributed by atoms with Crippen molar-refractivity contribution >= 4 is 23.7 Å². The van der Waals surface area contributed by atoms with Crippen LogP contribution in [0.25, 0.3) is 12.2 Å². The summed E-state index contributed by atoms with van der Waals surface area (Å²) in [4.78, 5) is 26.3. The Bertz CT molecular complexity index is 969. The largest absolute Gasteiger partial charge is 0.508 e. The molecule has 1 saturated carbocycles. The van der Waals surface area contributed by atoms with E-state index in [-0.39, 0.29) is 17.3 Å². The number of benzene rings is 2. The lowest BCUT2D eigenvalue weighted by atomic mass is 9.68. The molecule has 0 amide bonds. The normalized spacial score (nSPS) is 16.3. The number of aromatic hydroxyl groups is 1. The van der Waals surface area contributed by atoms with Crippen LogP contribution < -0.4 is 4.74 Å². The zero-order valence-corrected chi connectivity index (χ0v) is 17.5. The number of allylic oxidation sites excluding steroid dienone is 2. The lowest BCUT2D eigenvalue weighted by Gasteiger charge is -2.33. The molecule has 1 aliphatic carbocycles. The van der Waals surface area contributed by atoms with E-state index in [0.29, 0.717) is 23.7 Å². The van der Waals surface area contributed by atoms with Crippen molar-refractivity contribution in [2.24, 2.45) is 11.3 Å². The molecule has 0 aromatic heterocycles. The third-order valence-electron chi connectivity index (χ3n) is 5.83. The molecule has 1 aliphatic rings. The molecule has 0 heterocycles. The summed E-state index contributed by atoms with van der Waals surface area (Å²) >= 11 is 0. The van der Waals surface area contributed by atoms with Crippen molar-refractivity contribution in [1.29, 1.82) is 0 Å². The second-order valence-electron chi connectivity index (χ2n) is 8.10. The Morgan fingerprint density at radius 3 is 2.17 bits per heavy atom. The quantitative estimate of drug-likeness (QED) is 0.445. The lowest BCUT2D eigenvalue weighted by Crippen LogP contribution is -2.37. The smallest absolute Gasteiger partial charge is 0.169 e. The molecule has 1 N–H and O–H groups in total. The third-order valence-corrected chi connectivity index (χ3v) is 5.83. The first-order valence-electron chi connectivity index (χ1n) is 10.3. The monoisotopic (exact) mass is 404 g/mol. The van der Waals surface area contributed by atoms with E-state index in [2.05, 4.69) is 0 Å². The van der Waals surface area contributed by atoms with Gasteiger partial charge in [0.1, 0.15) is 11.5 Å². The van der Waals surface area contributed by atoms with E-state index in [0.717, 1.165) is 24.8 Å². The van der Waals surface area contributed by atoms with Gasteiger partial charge in [-0.1, -0.05) is 55.7 Å². The Balaban J connectivity index is 1.81. The van der Waals surface area contributed by atoms with Crippen LogP contribution in [0.5, 0.6) is 11.5 Å². The van der Waals surface area contributed by atoms with Gasteiger partial charge < -0.3 is 9.84 Å². The van der Waals surface area contributed by atoms with Crippen LogP contribution in [0.15, 0.2) is 60.7 Å². The number of ketones is 2.